The summed E-state index contributed by atoms with van der Waals surface area (Å²) in [6, 6.07) is 12.8. The molecule has 0 aliphatic rings. The maximum absolute atomic E-state index is 12.0. The van der Waals surface area contributed by atoms with Gasteiger partial charge in [0.05, 0.1) is 12.0 Å². The summed E-state index contributed by atoms with van der Waals surface area (Å²) < 4.78 is 32.6. The van der Waals surface area contributed by atoms with Crippen LogP contribution in [0.1, 0.15) is 5.56 Å². The van der Waals surface area contributed by atoms with Crippen LogP contribution in [0.3, 0.4) is 0 Å². The van der Waals surface area contributed by atoms with Gasteiger partial charge in [-0.1, -0.05) is 23.7 Å². The van der Waals surface area contributed by atoms with Crippen LogP contribution in [0, 0.1) is 0 Å². The van der Waals surface area contributed by atoms with Gasteiger partial charge in [-0.05, 0) is 42.0 Å². The zero-order valence-corrected chi connectivity index (χ0v) is 12.2. The average molecular weight is 310 g/mol. The second-order valence-electron chi connectivity index (χ2n) is 3.94. The van der Waals surface area contributed by atoms with Gasteiger partial charge in [0, 0.05) is 11.2 Å². The molecule has 0 aliphatic heterocycles. The van der Waals surface area contributed by atoms with Crippen LogP contribution >= 0.6 is 11.6 Å². The van der Waals surface area contributed by atoms with Crippen molar-refractivity contribution in [3.63, 3.8) is 0 Å². The molecule has 2 aromatic rings. The molecule has 2 aromatic carbocycles. The van der Waals surface area contributed by atoms with E-state index in [4.69, 9.17) is 16.3 Å². The van der Waals surface area contributed by atoms with Gasteiger partial charge in [-0.25, -0.2) is 0 Å². The van der Waals surface area contributed by atoms with Crippen molar-refractivity contribution in [2.75, 3.05) is 7.11 Å². The Labute approximate surface area is 122 Å². The summed E-state index contributed by atoms with van der Waals surface area (Å²) in [5, 5.41) is 0.583. The summed E-state index contributed by atoms with van der Waals surface area (Å²) in [6.45, 7) is 0. The van der Waals surface area contributed by atoms with E-state index in [1.807, 2.05) is 0 Å². The van der Waals surface area contributed by atoms with Crippen molar-refractivity contribution in [3.05, 3.63) is 59.1 Å². The minimum atomic E-state index is -3.71. The normalized spacial score (nSPS) is 11.7. The highest BCUT2D eigenvalue weighted by molar-refractivity contribution is 7.90. The number of ether oxygens (including phenoxy) is 1. The monoisotopic (exact) mass is 309 g/mol. The Morgan fingerprint density at radius 1 is 1.05 bits per heavy atom. The van der Waals surface area contributed by atoms with Crippen molar-refractivity contribution in [2.45, 2.75) is 4.90 Å². The summed E-state index contributed by atoms with van der Waals surface area (Å²) >= 11 is 5.75. The first-order valence-corrected chi connectivity index (χ1v) is 7.53. The Bertz CT molecular complexity index is 707. The summed E-state index contributed by atoms with van der Waals surface area (Å²) in [4.78, 5) is 0.114. The lowest BCUT2D eigenvalue weighted by Crippen LogP contribution is -1.97. The highest BCUT2D eigenvalue weighted by Crippen LogP contribution is 2.17. The van der Waals surface area contributed by atoms with Crippen LogP contribution in [0.25, 0.3) is 0 Å². The van der Waals surface area contributed by atoms with Crippen molar-refractivity contribution >= 4 is 27.8 Å². The maximum Gasteiger partial charge on any atom is 0.282 e. The number of halogens is 1. The molecule has 0 bridgehead atoms. The van der Waals surface area contributed by atoms with Crippen molar-refractivity contribution in [2.24, 2.45) is 4.40 Å². The second-order valence-corrected chi connectivity index (χ2v) is 6.01. The molecule has 0 saturated heterocycles. The Hall–Kier alpha value is -1.85. The standard InChI is InChI=1S/C14H12ClNO3S/c1-19-13-6-8-14(9-7-13)20(17,18)16-10-11-2-4-12(15)5-3-11/h2-10H,1H3/b16-10+. The van der Waals surface area contributed by atoms with Crippen LogP contribution in [0.15, 0.2) is 57.8 Å². The first-order chi connectivity index (χ1) is 9.51. The van der Waals surface area contributed by atoms with Gasteiger partial charge in [0.15, 0.2) is 0 Å². The van der Waals surface area contributed by atoms with E-state index in [1.165, 1.54) is 25.5 Å². The molecule has 0 unspecified atom stereocenters. The van der Waals surface area contributed by atoms with Crippen LogP contribution in [0.4, 0.5) is 0 Å². The van der Waals surface area contributed by atoms with E-state index >= 15 is 0 Å². The minimum Gasteiger partial charge on any atom is -0.497 e. The number of benzene rings is 2. The number of rotatable bonds is 4. The van der Waals surface area contributed by atoms with Gasteiger partial charge in [0.25, 0.3) is 10.0 Å². The van der Waals surface area contributed by atoms with Gasteiger partial charge in [-0.2, -0.15) is 12.8 Å². The van der Waals surface area contributed by atoms with Crippen molar-refractivity contribution in [1.82, 2.24) is 0 Å². The maximum atomic E-state index is 12.0. The molecule has 0 aliphatic carbocycles. The summed E-state index contributed by atoms with van der Waals surface area (Å²) in [5.74, 6) is 0.589. The fourth-order valence-corrected chi connectivity index (χ4v) is 2.48. The van der Waals surface area contributed by atoms with E-state index < -0.39 is 10.0 Å². The smallest absolute Gasteiger partial charge is 0.282 e. The fourth-order valence-electron chi connectivity index (χ4n) is 1.49. The number of nitrogens with zero attached hydrogens (tertiary/aromatic N) is 1. The van der Waals surface area contributed by atoms with Crippen molar-refractivity contribution in [3.8, 4) is 5.75 Å². The lowest BCUT2D eigenvalue weighted by Gasteiger charge is -2.01. The molecule has 0 aromatic heterocycles. The summed E-state index contributed by atoms with van der Waals surface area (Å²) in [6.07, 6.45) is 1.29. The second kappa shape index (κ2) is 6.07. The zero-order chi connectivity index (χ0) is 14.6. The molecule has 0 spiro atoms. The average Bonchev–Trinajstić information content (AvgIpc) is 2.47. The molecule has 104 valence electrons. The summed E-state index contributed by atoms with van der Waals surface area (Å²) in [7, 11) is -2.20. The predicted molar refractivity (Wildman–Crippen MR) is 79.2 cm³/mol. The van der Waals surface area contributed by atoms with Crippen LogP contribution < -0.4 is 4.74 Å². The number of hydrogen-bond acceptors (Lipinski definition) is 3. The van der Waals surface area contributed by atoms with Crippen LogP contribution in [0.5, 0.6) is 5.75 Å². The molecule has 6 heteroatoms. The molecule has 0 heterocycles. The summed E-state index contributed by atoms with van der Waals surface area (Å²) in [5.41, 5.74) is 0.659. The van der Waals surface area contributed by atoms with Crippen LogP contribution in [0.2, 0.25) is 5.02 Å². The van der Waals surface area contributed by atoms with Crippen LogP contribution in [-0.2, 0) is 10.0 Å². The number of sulfonamides is 1. The molecule has 0 atom stereocenters. The van der Waals surface area contributed by atoms with E-state index in [-0.39, 0.29) is 4.90 Å². The van der Waals surface area contributed by atoms with Gasteiger partial charge in [0.2, 0.25) is 0 Å². The molecule has 0 amide bonds. The molecule has 0 radical (unpaired) electrons. The van der Waals surface area contributed by atoms with Gasteiger partial charge in [-0.3, -0.25) is 0 Å². The third-order valence-corrected chi connectivity index (χ3v) is 4.07. The first kappa shape index (κ1) is 14.6. The van der Waals surface area contributed by atoms with E-state index in [2.05, 4.69) is 4.40 Å². The molecular weight excluding hydrogens is 298 g/mol. The number of hydrogen-bond donors (Lipinski definition) is 0. The predicted octanol–water partition coefficient (Wildman–Crippen LogP) is 3.16. The van der Waals surface area contributed by atoms with Crippen LogP contribution in [-0.4, -0.2) is 21.7 Å². The highest BCUT2D eigenvalue weighted by Gasteiger charge is 2.11. The largest absolute Gasteiger partial charge is 0.497 e. The molecule has 20 heavy (non-hydrogen) atoms. The van der Waals surface area contributed by atoms with Gasteiger partial charge in [-0.15, -0.1) is 0 Å². The topological polar surface area (TPSA) is 55.7 Å². The molecule has 0 fully saturated rings. The molecular formula is C14H12ClNO3S. The highest BCUT2D eigenvalue weighted by atomic mass is 35.5. The molecule has 2 rings (SSSR count). The third-order valence-electron chi connectivity index (χ3n) is 2.57. The fraction of sp³-hybridized carbons (Fsp3) is 0.0714. The zero-order valence-electron chi connectivity index (χ0n) is 10.7. The van der Waals surface area contributed by atoms with Gasteiger partial charge < -0.3 is 4.74 Å². The lowest BCUT2D eigenvalue weighted by atomic mass is 10.2. The van der Waals surface area contributed by atoms with E-state index in [9.17, 15) is 8.42 Å². The Morgan fingerprint density at radius 2 is 1.65 bits per heavy atom. The Kier molecular flexibility index (Phi) is 4.42. The Morgan fingerprint density at radius 3 is 2.20 bits per heavy atom. The quantitative estimate of drug-likeness (QED) is 0.815. The Balaban J connectivity index is 2.23. The van der Waals surface area contributed by atoms with E-state index in [1.54, 1.807) is 36.4 Å². The van der Waals surface area contributed by atoms with Gasteiger partial charge in [0.1, 0.15) is 5.75 Å². The minimum absolute atomic E-state index is 0.114. The van der Waals surface area contributed by atoms with Gasteiger partial charge >= 0.3 is 0 Å². The molecule has 4 nitrogen and oxygen atoms in total. The van der Waals surface area contributed by atoms with Crippen molar-refractivity contribution in [1.29, 1.82) is 0 Å². The molecule has 0 N–H and O–H groups in total. The van der Waals surface area contributed by atoms with E-state index in [0.29, 0.717) is 16.3 Å². The lowest BCUT2D eigenvalue weighted by molar-refractivity contribution is 0.414. The first-order valence-electron chi connectivity index (χ1n) is 5.71. The number of methoxy groups -OCH3 is 1. The van der Waals surface area contributed by atoms with E-state index in [0.717, 1.165) is 0 Å². The third kappa shape index (κ3) is 3.59. The molecule has 0 saturated carbocycles. The SMILES string of the molecule is COc1ccc(S(=O)(=O)/N=C/c2ccc(Cl)cc2)cc1. The van der Waals surface area contributed by atoms with Crippen molar-refractivity contribution < 1.29 is 13.2 Å².